The molecule has 2 saturated carbocycles. The zero-order valence-electron chi connectivity index (χ0n) is 10.5. The summed E-state index contributed by atoms with van der Waals surface area (Å²) in [5.41, 5.74) is 0.396. The van der Waals surface area contributed by atoms with Gasteiger partial charge < -0.3 is 5.32 Å². The molecule has 3 aliphatic rings. The Bertz CT molecular complexity index is 315. The van der Waals surface area contributed by atoms with Gasteiger partial charge in [0.05, 0.1) is 0 Å². The molecule has 2 atom stereocenters. The van der Waals surface area contributed by atoms with Gasteiger partial charge in [0.15, 0.2) is 0 Å². The van der Waals surface area contributed by atoms with Crippen LogP contribution in [0.25, 0.3) is 0 Å². The number of hydrogen-bond acceptors (Lipinski definition) is 1. The molecule has 1 spiro atoms. The average molecular weight is 221 g/mol. The van der Waals surface area contributed by atoms with E-state index in [4.69, 9.17) is 0 Å². The van der Waals surface area contributed by atoms with Crippen LogP contribution >= 0.6 is 0 Å². The fourth-order valence-corrected chi connectivity index (χ4v) is 4.41. The summed E-state index contributed by atoms with van der Waals surface area (Å²) >= 11 is 0. The number of rotatable bonds is 1. The summed E-state index contributed by atoms with van der Waals surface area (Å²) in [7, 11) is 0. The van der Waals surface area contributed by atoms with Gasteiger partial charge in [-0.25, -0.2) is 0 Å². The molecule has 1 heterocycles. The van der Waals surface area contributed by atoms with Crippen molar-refractivity contribution in [1.82, 2.24) is 5.32 Å². The van der Waals surface area contributed by atoms with Gasteiger partial charge in [0.2, 0.25) is 5.91 Å². The van der Waals surface area contributed by atoms with E-state index in [-0.39, 0.29) is 16.9 Å². The van der Waals surface area contributed by atoms with Crippen molar-refractivity contribution in [1.29, 1.82) is 0 Å². The summed E-state index contributed by atoms with van der Waals surface area (Å²) in [6.45, 7) is 4.54. The Morgan fingerprint density at radius 1 is 1.19 bits per heavy atom. The minimum atomic E-state index is 0.156. The topological polar surface area (TPSA) is 29.1 Å². The van der Waals surface area contributed by atoms with Gasteiger partial charge in [-0.05, 0) is 31.6 Å². The Morgan fingerprint density at radius 2 is 1.81 bits per heavy atom. The first-order chi connectivity index (χ1) is 7.60. The number of amides is 1. The minimum Gasteiger partial charge on any atom is -0.350 e. The smallest absolute Gasteiger partial charge is 0.223 e. The van der Waals surface area contributed by atoms with Crippen LogP contribution in [0, 0.1) is 17.3 Å². The summed E-state index contributed by atoms with van der Waals surface area (Å²) in [4.78, 5) is 12.1. The van der Waals surface area contributed by atoms with Gasteiger partial charge in [0.1, 0.15) is 0 Å². The molecule has 16 heavy (non-hydrogen) atoms. The number of carbonyl (C=O) groups excluding carboxylic acids is 1. The molecule has 0 radical (unpaired) electrons. The molecule has 2 unspecified atom stereocenters. The molecule has 2 heteroatoms. The monoisotopic (exact) mass is 221 g/mol. The van der Waals surface area contributed by atoms with Crippen LogP contribution in [0.3, 0.4) is 0 Å². The maximum atomic E-state index is 12.1. The molecular formula is C14H23NO. The van der Waals surface area contributed by atoms with E-state index in [2.05, 4.69) is 19.2 Å². The van der Waals surface area contributed by atoms with Crippen LogP contribution in [0.5, 0.6) is 0 Å². The lowest BCUT2D eigenvalue weighted by Crippen LogP contribution is -2.54. The van der Waals surface area contributed by atoms with Crippen LogP contribution in [0.15, 0.2) is 0 Å². The van der Waals surface area contributed by atoms with Crippen LogP contribution in [0.2, 0.25) is 0 Å². The Labute approximate surface area is 98.2 Å². The fourth-order valence-electron chi connectivity index (χ4n) is 4.41. The maximum Gasteiger partial charge on any atom is 0.223 e. The molecule has 1 N–H and O–H groups in total. The normalized spacial score (nSPS) is 42.4. The zero-order valence-corrected chi connectivity index (χ0v) is 10.5. The molecule has 3 rings (SSSR count). The van der Waals surface area contributed by atoms with E-state index in [1.807, 2.05) is 0 Å². The van der Waals surface area contributed by atoms with Crippen molar-refractivity contribution in [2.24, 2.45) is 17.3 Å². The van der Waals surface area contributed by atoms with Crippen LogP contribution in [-0.4, -0.2) is 11.4 Å². The fraction of sp³-hybridized carbons (Fsp3) is 0.929. The molecule has 1 aliphatic heterocycles. The Balaban J connectivity index is 1.99. The molecule has 2 aliphatic carbocycles. The predicted molar refractivity (Wildman–Crippen MR) is 64.0 cm³/mol. The predicted octanol–water partition coefficient (Wildman–Crippen LogP) is 2.87. The first-order valence-corrected chi connectivity index (χ1v) is 6.92. The lowest BCUT2D eigenvalue weighted by Gasteiger charge is -2.47. The standard InChI is InChI=1S/C14H23NO/c1-10-12(16)15-14(8-4-3-5-9-14)13(10,2)11-6-7-11/h10-11H,3-9H2,1-2H3,(H,15,16). The Hall–Kier alpha value is -0.530. The average Bonchev–Trinajstić information content (AvgIpc) is 3.09. The SMILES string of the molecule is CC1C(=O)NC2(CCCCC2)C1(C)C1CC1. The van der Waals surface area contributed by atoms with Crippen molar-refractivity contribution >= 4 is 5.91 Å². The largest absolute Gasteiger partial charge is 0.350 e. The maximum absolute atomic E-state index is 12.1. The minimum absolute atomic E-state index is 0.156. The van der Waals surface area contributed by atoms with Crippen molar-refractivity contribution < 1.29 is 4.79 Å². The molecule has 1 saturated heterocycles. The quantitative estimate of drug-likeness (QED) is 0.725. The first-order valence-electron chi connectivity index (χ1n) is 6.92. The van der Waals surface area contributed by atoms with Gasteiger partial charge in [-0.1, -0.05) is 33.1 Å². The van der Waals surface area contributed by atoms with Crippen molar-refractivity contribution in [3.8, 4) is 0 Å². The summed E-state index contributed by atoms with van der Waals surface area (Å²) < 4.78 is 0. The summed E-state index contributed by atoms with van der Waals surface area (Å²) in [6, 6.07) is 0. The number of hydrogen-bond donors (Lipinski definition) is 1. The van der Waals surface area contributed by atoms with E-state index in [9.17, 15) is 4.79 Å². The molecule has 0 aromatic carbocycles. The van der Waals surface area contributed by atoms with E-state index < -0.39 is 0 Å². The highest BCUT2D eigenvalue weighted by molar-refractivity contribution is 5.83. The number of carbonyl (C=O) groups is 1. The summed E-state index contributed by atoms with van der Waals surface area (Å²) in [5, 5.41) is 3.39. The second kappa shape index (κ2) is 3.24. The van der Waals surface area contributed by atoms with Crippen molar-refractivity contribution in [3.63, 3.8) is 0 Å². The lowest BCUT2D eigenvalue weighted by molar-refractivity contribution is -0.123. The third kappa shape index (κ3) is 1.16. The van der Waals surface area contributed by atoms with Crippen LogP contribution in [-0.2, 0) is 4.79 Å². The van der Waals surface area contributed by atoms with E-state index in [1.54, 1.807) is 0 Å². The van der Waals surface area contributed by atoms with Gasteiger partial charge >= 0.3 is 0 Å². The second-order valence-electron chi connectivity index (χ2n) is 6.41. The Kier molecular flexibility index (Phi) is 2.15. The van der Waals surface area contributed by atoms with Gasteiger partial charge in [-0.15, -0.1) is 0 Å². The van der Waals surface area contributed by atoms with Gasteiger partial charge in [-0.2, -0.15) is 0 Å². The molecule has 0 aromatic heterocycles. The van der Waals surface area contributed by atoms with Crippen LogP contribution in [0.4, 0.5) is 0 Å². The molecule has 90 valence electrons. The van der Waals surface area contributed by atoms with Crippen LogP contribution in [0.1, 0.15) is 58.8 Å². The van der Waals surface area contributed by atoms with Gasteiger partial charge in [-0.3, -0.25) is 4.79 Å². The van der Waals surface area contributed by atoms with E-state index in [1.165, 1.54) is 44.9 Å². The van der Waals surface area contributed by atoms with Crippen LogP contribution < -0.4 is 5.32 Å². The molecule has 2 nitrogen and oxygen atoms in total. The molecule has 0 bridgehead atoms. The van der Waals surface area contributed by atoms with E-state index in [0.29, 0.717) is 5.91 Å². The zero-order chi connectivity index (χ0) is 11.4. The van der Waals surface area contributed by atoms with E-state index >= 15 is 0 Å². The van der Waals surface area contributed by atoms with Crippen molar-refractivity contribution in [2.75, 3.05) is 0 Å². The van der Waals surface area contributed by atoms with Gasteiger partial charge in [0.25, 0.3) is 0 Å². The molecule has 1 amide bonds. The molecular weight excluding hydrogens is 198 g/mol. The highest BCUT2D eigenvalue weighted by Gasteiger charge is 2.64. The Morgan fingerprint density at radius 3 is 2.38 bits per heavy atom. The summed E-state index contributed by atoms with van der Waals surface area (Å²) in [5.74, 6) is 1.34. The van der Waals surface area contributed by atoms with Crippen molar-refractivity contribution in [2.45, 2.75) is 64.3 Å². The third-order valence-corrected chi connectivity index (χ3v) is 5.82. The number of nitrogens with one attached hydrogen (secondary N) is 1. The van der Waals surface area contributed by atoms with Crippen molar-refractivity contribution in [3.05, 3.63) is 0 Å². The van der Waals surface area contributed by atoms with E-state index in [0.717, 1.165) is 5.92 Å². The lowest BCUT2D eigenvalue weighted by atomic mass is 9.59. The molecule has 3 fully saturated rings. The third-order valence-electron chi connectivity index (χ3n) is 5.82. The molecule has 0 aromatic rings. The summed E-state index contributed by atoms with van der Waals surface area (Å²) in [6.07, 6.45) is 9.08. The highest BCUT2D eigenvalue weighted by atomic mass is 16.2. The highest BCUT2D eigenvalue weighted by Crippen LogP contribution is 2.61. The van der Waals surface area contributed by atoms with Gasteiger partial charge in [0, 0.05) is 16.9 Å². The first kappa shape index (κ1) is 10.6. The second-order valence-corrected chi connectivity index (χ2v) is 6.41.